The summed E-state index contributed by atoms with van der Waals surface area (Å²) in [5.74, 6) is -2.83. The molecule has 0 aliphatic carbocycles. The van der Waals surface area contributed by atoms with Crippen LogP contribution in [0, 0.1) is 16.6 Å². The largest absolute Gasteiger partial charge is 0.467 e. The molecular weight excluding hydrogens is 467 g/mol. The number of anilines is 2. The first-order valence-electron chi connectivity index (χ1n) is 11.4. The van der Waals surface area contributed by atoms with Gasteiger partial charge >= 0.3 is 0 Å². The van der Waals surface area contributed by atoms with Gasteiger partial charge in [0, 0.05) is 29.2 Å². The predicted molar refractivity (Wildman–Crippen MR) is 135 cm³/mol. The van der Waals surface area contributed by atoms with Crippen LogP contribution in [0.2, 0.25) is 0 Å². The van der Waals surface area contributed by atoms with E-state index in [9.17, 15) is 23.6 Å². The normalized spacial score (nSPS) is 11.6. The van der Waals surface area contributed by atoms with Gasteiger partial charge in [0.15, 0.2) is 18.4 Å². The molecule has 0 aliphatic heterocycles. The van der Waals surface area contributed by atoms with Gasteiger partial charge < -0.3 is 20.1 Å². The first kappa shape index (κ1) is 28.6. The molecular formula is C27H33FN2O6. The van der Waals surface area contributed by atoms with E-state index in [1.54, 1.807) is 53.7 Å². The zero-order valence-corrected chi connectivity index (χ0v) is 21.7. The standard InChI is InChI=1S/C27H33FN2O6/c1-26(2,3)24(33)29-17-10-8-16(9-11-17)19(31)14-20(32)22-21(36-15-35-7)13-12-18(28)23(22)30-25(34)27(4,5)6/h8-13H,14-15H2,1-7H3,(H,29,33)(H,30,34). The maximum atomic E-state index is 14.8. The van der Waals surface area contributed by atoms with Crippen molar-refractivity contribution in [2.24, 2.45) is 10.8 Å². The van der Waals surface area contributed by atoms with Gasteiger partial charge in [-0.3, -0.25) is 19.2 Å². The van der Waals surface area contributed by atoms with Crippen LogP contribution in [0.5, 0.6) is 5.75 Å². The number of hydrogen-bond donors (Lipinski definition) is 2. The Labute approximate surface area is 210 Å². The summed E-state index contributed by atoms with van der Waals surface area (Å²) >= 11 is 0. The van der Waals surface area contributed by atoms with Gasteiger partial charge in [0.1, 0.15) is 11.6 Å². The van der Waals surface area contributed by atoms with Crippen molar-refractivity contribution in [3.63, 3.8) is 0 Å². The third kappa shape index (κ3) is 7.45. The molecule has 2 rings (SSSR count). The molecule has 0 atom stereocenters. The van der Waals surface area contributed by atoms with Crippen LogP contribution in [0.1, 0.15) is 68.7 Å². The summed E-state index contributed by atoms with van der Waals surface area (Å²) in [7, 11) is 1.38. The van der Waals surface area contributed by atoms with Gasteiger partial charge in [0.05, 0.1) is 17.7 Å². The fourth-order valence-corrected chi connectivity index (χ4v) is 2.90. The maximum absolute atomic E-state index is 14.8. The first-order valence-corrected chi connectivity index (χ1v) is 11.4. The Morgan fingerprint density at radius 3 is 1.89 bits per heavy atom. The predicted octanol–water partition coefficient (Wildman–Crippen LogP) is 5.23. The minimum atomic E-state index is -0.865. The molecule has 0 spiro atoms. The van der Waals surface area contributed by atoms with E-state index in [-0.39, 0.29) is 35.3 Å². The van der Waals surface area contributed by atoms with Crippen LogP contribution in [-0.2, 0) is 14.3 Å². The number of halogens is 1. The van der Waals surface area contributed by atoms with Gasteiger partial charge in [-0.25, -0.2) is 4.39 Å². The smallest absolute Gasteiger partial charge is 0.229 e. The summed E-state index contributed by atoms with van der Waals surface area (Å²) in [6.07, 6.45) is -0.598. The van der Waals surface area contributed by atoms with Crippen molar-refractivity contribution < 1.29 is 33.0 Å². The minimum Gasteiger partial charge on any atom is -0.467 e. The maximum Gasteiger partial charge on any atom is 0.229 e. The average molecular weight is 501 g/mol. The number of Topliss-reactive ketones (excluding diaryl/α,β-unsaturated/α-hetero) is 2. The Kier molecular flexibility index (Phi) is 9.10. The average Bonchev–Trinajstić information content (AvgIpc) is 2.78. The quantitative estimate of drug-likeness (QED) is 0.277. The molecule has 8 nitrogen and oxygen atoms in total. The van der Waals surface area contributed by atoms with Crippen LogP contribution in [0.25, 0.3) is 0 Å². The highest BCUT2D eigenvalue weighted by atomic mass is 19.1. The van der Waals surface area contributed by atoms with Gasteiger partial charge in [-0.05, 0) is 36.4 Å². The van der Waals surface area contributed by atoms with E-state index >= 15 is 0 Å². The van der Waals surface area contributed by atoms with Crippen LogP contribution in [-0.4, -0.2) is 37.3 Å². The zero-order valence-electron chi connectivity index (χ0n) is 21.7. The molecule has 0 fully saturated rings. The molecule has 0 saturated heterocycles. The van der Waals surface area contributed by atoms with E-state index < -0.39 is 40.5 Å². The molecule has 2 aromatic rings. The number of methoxy groups -OCH3 is 1. The summed E-state index contributed by atoms with van der Waals surface area (Å²) < 4.78 is 25.1. The number of nitrogens with one attached hydrogen (secondary N) is 2. The van der Waals surface area contributed by atoms with E-state index in [4.69, 9.17) is 9.47 Å². The number of hydrogen-bond acceptors (Lipinski definition) is 6. The topological polar surface area (TPSA) is 111 Å². The molecule has 9 heteroatoms. The lowest BCUT2D eigenvalue weighted by Crippen LogP contribution is -2.29. The highest BCUT2D eigenvalue weighted by molar-refractivity contribution is 6.17. The molecule has 0 saturated carbocycles. The number of rotatable bonds is 9. The second kappa shape index (κ2) is 11.4. The van der Waals surface area contributed by atoms with Crippen molar-refractivity contribution in [3.05, 3.63) is 53.3 Å². The fraction of sp³-hybridized carbons (Fsp3) is 0.407. The van der Waals surface area contributed by atoms with Gasteiger partial charge in [0.25, 0.3) is 0 Å². The Bertz CT molecular complexity index is 1140. The molecule has 194 valence electrons. The van der Waals surface area contributed by atoms with E-state index in [0.717, 1.165) is 6.07 Å². The second-order valence-corrected chi connectivity index (χ2v) is 10.4. The van der Waals surface area contributed by atoms with E-state index in [1.165, 1.54) is 25.3 Å². The summed E-state index contributed by atoms with van der Waals surface area (Å²) in [5, 5.41) is 5.22. The number of benzene rings is 2. The molecule has 0 aromatic heterocycles. The van der Waals surface area contributed by atoms with Crippen LogP contribution in [0.4, 0.5) is 15.8 Å². The minimum absolute atomic E-state index is 0.0273. The number of amides is 2. The third-order valence-corrected chi connectivity index (χ3v) is 5.11. The van der Waals surface area contributed by atoms with E-state index in [1.807, 2.05) is 0 Å². The van der Waals surface area contributed by atoms with Gasteiger partial charge in [-0.1, -0.05) is 41.5 Å². The van der Waals surface area contributed by atoms with Crippen LogP contribution in [0.15, 0.2) is 36.4 Å². The number of carbonyl (C=O) groups excluding carboxylic acids is 4. The van der Waals surface area contributed by atoms with Gasteiger partial charge in [0.2, 0.25) is 11.8 Å². The molecule has 2 N–H and O–H groups in total. The molecule has 36 heavy (non-hydrogen) atoms. The molecule has 2 amide bonds. The van der Waals surface area contributed by atoms with Crippen molar-refractivity contribution >= 4 is 34.8 Å². The molecule has 0 unspecified atom stereocenters. The Morgan fingerprint density at radius 2 is 1.36 bits per heavy atom. The number of ketones is 2. The summed E-state index contributed by atoms with van der Waals surface area (Å²) in [6, 6.07) is 8.41. The Hall–Kier alpha value is -3.59. The van der Waals surface area contributed by atoms with Crippen LogP contribution >= 0.6 is 0 Å². The molecule has 0 heterocycles. The van der Waals surface area contributed by atoms with Crippen LogP contribution in [0.3, 0.4) is 0 Å². The fourth-order valence-electron chi connectivity index (χ4n) is 2.90. The van der Waals surface area contributed by atoms with Gasteiger partial charge in [-0.15, -0.1) is 0 Å². The molecule has 2 aromatic carbocycles. The molecule has 0 aliphatic rings. The lowest BCUT2D eigenvalue weighted by Gasteiger charge is -2.21. The summed E-state index contributed by atoms with van der Waals surface area (Å²) in [4.78, 5) is 50.8. The third-order valence-electron chi connectivity index (χ3n) is 5.11. The monoisotopic (exact) mass is 500 g/mol. The SMILES string of the molecule is COCOc1ccc(F)c(NC(=O)C(C)(C)C)c1C(=O)CC(=O)c1ccc(NC(=O)C(C)(C)C)cc1. The highest BCUT2D eigenvalue weighted by Gasteiger charge is 2.28. The van der Waals surface area contributed by atoms with E-state index in [2.05, 4.69) is 10.6 Å². The van der Waals surface area contributed by atoms with Crippen molar-refractivity contribution in [2.75, 3.05) is 24.5 Å². The van der Waals surface area contributed by atoms with Crippen molar-refractivity contribution in [2.45, 2.75) is 48.0 Å². The Balaban J connectivity index is 2.33. The van der Waals surface area contributed by atoms with Crippen molar-refractivity contribution in [1.29, 1.82) is 0 Å². The van der Waals surface area contributed by atoms with Crippen molar-refractivity contribution in [3.8, 4) is 5.75 Å². The van der Waals surface area contributed by atoms with Gasteiger partial charge in [-0.2, -0.15) is 0 Å². The summed E-state index contributed by atoms with van der Waals surface area (Å²) in [6.45, 7) is 10.0. The lowest BCUT2D eigenvalue weighted by molar-refractivity contribution is -0.123. The second-order valence-electron chi connectivity index (χ2n) is 10.4. The first-order chi connectivity index (χ1) is 16.6. The highest BCUT2D eigenvalue weighted by Crippen LogP contribution is 2.33. The lowest BCUT2D eigenvalue weighted by atomic mass is 9.94. The number of carbonyl (C=O) groups is 4. The van der Waals surface area contributed by atoms with Crippen LogP contribution < -0.4 is 15.4 Å². The molecule has 0 radical (unpaired) electrons. The Morgan fingerprint density at radius 1 is 0.806 bits per heavy atom. The summed E-state index contributed by atoms with van der Waals surface area (Å²) in [5.41, 5.74) is -1.34. The van der Waals surface area contributed by atoms with Crippen molar-refractivity contribution in [1.82, 2.24) is 0 Å². The van der Waals surface area contributed by atoms with E-state index in [0.29, 0.717) is 5.69 Å². The number of ether oxygens (including phenoxy) is 2. The zero-order chi connectivity index (χ0) is 27.3. The molecule has 0 bridgehead atoms.